The summed E-state index contributed by atoms with van der Waals surface area (Å²) in [7, 11) is 1.22. The van der Waals surface area contributed by atoms with E-state index in [0.717, 1.165) is 12.1 Å². The number of hydrogen-bond donors (Lipinski definition) is 1. The standard InChI is InChI=1S/C17H18F3NO4/c1-4-12(16(23)24-3)21-15-13(14(22)9(2)25-15)10-6-5-7-11(8-10)17(18,19)20/h5-9,12,21H,4H2,1-3H3. The van der Waals surface area contributed by atoms with Crippen molar-refractivity contribution in [3.63, 3.8) is 0 Å². The Bertz CT molecular complexity index is 712. The van der Waals surface area contributed by atoms with Crippen LogP contribution in [0.3, 0.4) is 0 Å². The molecule has 8 heteroatoms. The monoisotopic (exact) mass is 357 g/mol. The van der Waals surface area contributed by atoms with Crippen LogP contribution >= 0.6 is 0 Å². The number of esters is 1. The molecule has 1 N–H and O–H groups in total. The van der Waals surface area contributed by atoms with E-state index in [0.29, 0.717) is 6.42 Å². The third kappa shape index (κ3) is 3.94. The van der Waals surface area contributed by atoms with E-state index in [4.69, 9.17) is 4.74 Å². The van der Waals surface area contributed by atoms with Gasteiger partial charge in [0.25, 0.3) is 0 Å². The van der Waals surface area contributed by atoms with Crippen molar-refractivity contribution < 1.29 is 32.2 Å². The van der Waals surface area contributed by atoms with Crippen LogP contribution in [-0.4, -0.2) is 31.0 Å². The van der Waals surface area contributed by atoms with E-state index < -0.39 is 35.6 Å². The summed E-state index contributed by atoms with van der Waals surface area (Å²) in [6, 6.07) is 3.64. The number of halogens is 3. The van der Waals surface area contributed by atoms with Crippen molar-refractivity contribution in [3.05, 3.63) is 41.3 Å². The summed E-state index contributed by atoms with van der Waals surface area (Å²) in [4.78, 5) is 24.1. The summed E-state index contributed by atoms with van der Waals surface area (Å²) in [5.74, 6) is -1.04. The van der Waals surface area contributed by atoms with Gasteiger partial charge in [-0.1, -0.05) is 19.1 Å². The first kappa shape index (κ1) is 18.8. The van der Waals surface area contributed by atoms with Crippen LogP contribution in [0.4, 0.5) is 13.2 Å². The Morgan fingerprint density at radius 3 is 2.64 bits per heavy atom. The number of rotatable bonds is 5. The molecule has 0 aliphatic carbocycles. The van der Waals surface area contributed by atoms with Crippen molar-refractivity contribution in [1.29, 1.82) is 0 Å². The van der Waals surface area contributed by atoms with Crippen molar-refractivity contribution in [1.82, 2.24) is 5.32 Å². The van der Waals surface area contributed by atoms with E-state index in [9.17, 15) is 22.8 Å². The average Bonchev–Trinajstić information content (AvgIpc) is 2.85. The topological polar surface area (TPSA) is 64.6 Å². The van der Waals surface area contributed by atoms with E-state index in [-0.39, 0.29) is 17.0 Å². The molecule has 0 aromatic heterocycles. The van der Waals surface area contributed by atoms with Gasteiger partial charge < -0.3 is 14.8 Å². The number of ether oxygens (including phenoxy) is 2. The van der Waals surface area contributed by atoms with Gasteiger partial charge in [0.15, 0.2) is 12.0 Å². The smallest absolute Gasteiger partial charge is 0.416 e. The number of carbonyl (C=O) groups excluding carboxylic acids is 2. The molecule has 1 aliphatic heterocycles. The minimum atomic E-state index is -4.53. The van der Waals surface area contributed by atoms with Crippen molar-refractivity contribution in [3.8, 4) is 0 Å². The molecule has 2 atom stereocenters. The molecular weight excluding hydrogens is 339 g/mol. The van der Waals surface area contributed by atoms with E-state index >= 15 is 0 Å². The highest BCUT2D eigenvalue weighted by atomic mass is 19.4. The van der Waals surface area contributed by atoms with Crippen LogP contribution in [0.2, 0.25) is 0 Å². The number of ketones is 1. The predicted octanol–water partition coefficient (Wildman–Crippen LogP) is 2.90. The summed E-state index contributed by atoms with van der Waals surface area (Å²) in [5, 5.41) is 2.76. The Balaban J connectivity index is 2.46. The number of nitrogens with one attached hydrogen (secondary N) is 1. The molecule has 136 valence electrons. The highest BCUT2D eigenvalue weighted by Crippen LogP contribution is 2.34. The second-order valence-electron chi connectivity index (χ2n) is 5.54. The van der Waals surface area contributed by atoms with Gasteiger partial charge in [0.2, 0.25) is 5.78 Å². The molecule has 2 unspecified atom stereocenters. The van der Waals surface area contributed by atoms with Crippen molar-refractivity contribution in [2.24, 2.45) is 0 Å². The third-order valence-electron chi connectivity index (χ3n) is 3.82. The van der Waals surface area contributed by atoms with Gasteiger partial charge in [-0.15, -0.1) is 0 Å². The van der Waals surface area contributed by atoms with E-state index in [1.807, 2.05) is 0 Å². The summed E-state index contributed by atoms with van der Waals surface area (Å²) in [6.45, 7) is 3.21. The molecule has 0 radical (unpaired) electrons. The van der Waals surface area contributed by atoms with Crippen LogP contribution < -0.4 is 5.32 Å². The average molecular weight is 357 g/mol. The predicted molar refractivity (Wildman–Crippen MR) is 83.1 cm³/mol. The Hall–Kier alpha value is -2.51. The van der Waals surface area contributed by atoms with Crippen LogP contribution in [0, 0.1) is 0 Å². The second-order valence-corrected chi connectivity index (χ2v) is 5.54. The summed E-state index contributed by atoms with van der Waals surface area (Å²) >= 11 is 0. The maximum absolute atomic E-state index is 12.9. The Labute approximate surface area is 142 Å². The maximum Gasteiger partial charge on any atom is 0.416 e. The zero-order valence-electron chi connectivity index (χ0n) is 13.9. The van der Waals surface area contributed by atoms with Crippen LogP contribution in [0.15, 0.2) is 30.1 Å². The molecular formula is C17H18F3NO4. The lowest BCUT2D eigenvalue weighted by molar-refractivity contribution is -0.143. The molecule has 1 aromatic carbocycles. The Morgan fingerprint density at radius 2 is 2.08 bits per heavy atom. The van der Waals surface area contributed by atoms with Crippen molar-refractivity contribution in [2.75, 3.05) is 7.11 Å². The molecule has 1 aliphatic rings. The lowest BCUT2D eigenvalue weighted by atomic mass is 9.99. The number of alkyl halides is 3. The first-order valence-corrected chi connectivity index (χ1v) is 7.66. The van der Waals surface area contributed by atoms with E-state index in [2.05, 4.69) is 10.1 Å². The SMILES string of the molecule is CCC(NC1=C(c2cccc(C(F)(F)F)c2)C(=O)C(C)O1)C(=O)OC. The zero-order valence-corrected chi connectivity index (χ0v) is 13.9. The van der Waals surface area contributed by atoms with Gasteiger partial charge in [0, 0.05) is 0 Å². The van der Waals surface area contributed by atoms with Gasteiger partial charge in [0.1, 0.15) is 6.04 Å². The molecule has 0 bridgehead atoms. The summed E-state index contributed by atoms with van der Waals surface area (Å²) < 4.78 is 48.9. The quantitative estimate of drug-likeness (QED) is 0.821. The van der Waals surface area contributed by atoms with Gasteiger partial charge in [-0.25, -0.2) is 4.79 Å². The van der Waals surface area contributed by atoms with E-state index in [1.165, 1.54) is 26.2 Å². The maximum atomic E-state index is 12.9. The van der Waals surface area contributed by atoms with Crippen LogP contribution in [0.5, 0.6) is 0 Å². The Morgan fingerprint density at radius 1 is 1.40 bits per heavy atom. The number of hydrogen-bond acceptors (Lipinski definition) is 5. The number of Topliss-reactive ketones (excluding diaryl/α,β-unsaturated/α-hetero) is 1. The normalized spacial score (nSPS) is 18.8. The molecule has 1 heterocycles. The fourth-order valence-electron chi connectivity index (χ4n) is 2.46. The number of methoxy groups -OCH3 is 1. The molecule has 5 nitrogen and oxygen atoms in total. The second kappa shape index (κ2) is 7.16. The molecule has 0 saturated heterocycles. The molecule has 2 rings (SSSR count). The van der Waals surface area contributed by atoms with Gasteiger partial charge in [0.05, 0.1) is 18.2 Å². The first-order valence-electron chi connectivity index (χ1n) is 7.66. The van der Waals surface area contributed by atoms with Crippen LogP contribution in [-0.2, 0) is 25.2 Å². The number of benzene rings is 1. The first-order chi connectivity index (χ1) is 11.7. The molecule has 25 heavy (non-hydrogen) atoms. The fraction of sp³-hybridized carbons (Fsp3) is 0.412. The third-order valence-corrected chi connectivity index (χ3v) is 3.82. The van der Waals surface area contributed by atoms with Gasteiger partial charge in [-0.05, 0) is 31.0 Å². The van der Waals surface area contributed by atoms with Gasteiger partial charge in [-0.2, -0.15) is 13.2 Å². The van der Waals surface area contributed by atoms with Gasteiger partial charge >= 0.3 is 12.1 Å². The molecule has 0 amide bonds. The largest absolute Gasteiger partial charge is 0.467 e. The van der Waals surface area contributed by atoms with Crippen molar-refractivity contribution >= 4 is 17.3 Å². The molecule has 1 aromatic rings. The molecule has 0 saturated carbocycles. The summed E-state index contributed by atoms with van der Waals surface area (Å²) in [6.07, 6.45) is -5.05. The lowest BCUT2D eigenvalue weighted by Gasteiger charge is -2.17. The fourth-order valence-corrected chi connectivity index (χ4v) is 2.46. The Kier molecular flexibility index (Phi) is 5.39. The van der Waals surface area contributed by atoms with E-state index in [1.54, 1.807) is 6.92 Å². The van der Waals surface area contributed by atoms with Gasteiger partial charge in [-0.3, -0.25) is 4.79 Å². The summed E-state index contributed by atoms with van der Waals surface area (Å²) in [5.41, 5.74) is -0.809. The number of carbonyl (C=O) groups is 2. The highest BCUT2D eigenvalue weighted by Gasteiger charge is 2.36. The minimum absolute atomic E-state index is 0.0130. The van der Waals surface area contributed by atoms with Crippen molar-refractivity contribution in [2.45, 2.75) is 38.6 Å². The highest BCUT2D eigenvalue weighted by molar-refractivity contribution is 6.24. The molecule has 0 spiro atoms. The van der Waals surface area contributed by atoms with Crippen LogP contribution in [0.1, 0.15) is 31.4 Å². The lowest BCUT2D eigenvalue weighted by Crippen LogP contribution is -2.37. The zero-order chi connectivity index (χ0) is 18.8. The van der Waals surface area contributed by atoms with Crippen LogP contribution in [0.25, 0.3) is 5.57 Å². The molecule has 0 fully saturated rings. The minimum Gasteiger partial charge on any atom is -0.467 e.